The highest BCUT2D eigenvalue weighted by molar-refractivity contribution is 6.29. The number of carboxylic acids is 2. The number of piperazine rings is 1. The standard InChI is InChI=1S/C27H24FN5O5.ClH/c1-2-30-14-19(27(37)38)24(34)17-12-20(28)23(13-22(17)30)31-7-9-33(10-8-31)15-32-21-6-4-3-5-16(21)11-18(26(35)36)25(32)29-33;/h3-6,11-14H,2,7-10,15H2,1H3,(H-,35,36,37,38);1H. The zero-order valence-corrected chi connectivity index (χ0v) is 21.7. The SMILES string of the molecule is CCn1cc(C(=O)O)c(=O)c2cc(F)c(N3CC[N+]4(CC3)CN3C(=N4)C(C(=O)O)=Cc4ccccc43)cc21.[Cl-]. The smallest absolute Gasteiger partial charge is 0.341 e. The number of pyridine rings is 1. The number of aromatic carboxylic acids is 1. The second-order valence-corrected chi connectivity index (χ2v) is 9.73. The lowest BCUT2D eigenvalue weighted by atomic mass is 10.0. The van der Waals surface area contributed by atoms with Crippen molar-refractivity contribution in [3.63, 3.8) is 0 Å². The first kappa shape index (κ1) is 26.4. The van der Waals surface area contributed by atoms with Crippen LogP contribution in [0.3, 0.4) is 0 Å². The number of rotatable bonds is 4. The molecule has 1 spiro atoms. The van der Waals surface area contributed by atoms with Gasteiger partial charge in [0.25, 0.3) is 0 Å². The number of aliphatic carboxylic acids is 1. The summed E-state index contributed by atoms with van der Waals surface area (Å²) in [6.45, 7) is 4.71. The van der Waals surface area contributed by atoms with E-state index in [1.54, 1.807) is 16.7 Å². The molecule has 1 aromatic heterocycles. The van der Waals surface area contributed by atoms with Gasteiger partial charge in [0.1, 0.15) is 30.0 Å². The summed E-state index contributed by atoms with van der Waals surface area (Å²) in [4.78, 5) is 40.0. The Morgan fingerprint density at radius 1 is 1.08 bits per heavy atom. The van der Waals surface area contributed by atoms with E-state index in [0.29, 0.717) is 61.0 Å². The summed E-state index contributed by atoms with van der Waals surface area (Å²) in [5.41, 5.74) is 1.59. The van der Waals surface area contributed by atoms with E-state index in [1.165, 1.54) is 6.20 Å². The Bertz CT molecular complexity index is 1660. The fourth-order valence-corrected chi connectivity index (χ4v) is 5.61. The fraction of sp³-hybridized carbons (Fsp3) is 0.259. The molecule has 0 amide bonds. The topological polar surface area (TPSA) is 115 Å². The summed E-state index contributed by atoms with van der Waals surface area (Å²) < 4.78 is 17.3. The maximum absolute atomic E-state index is 15.3. The number of para-hydroxylation sites is 1. The summed E-state index contributed by atoms with van der Waals surface area (Å²) >= 11 is 0. The maximum atomic E-state index is 15.3. The molecule has 3 aliphatic rings. The maximum Gasteiger partial charge on any atom is 0.341 e. The largest absolute Gasteiger partial charge is 1.00 e. The molecule has 0 aliphatic carbocycles. The van der Waals surface area contributed by atoms with Gasteiger partial charge >= 0.3 is 11.9 Å². The molecule has 3 aromatic rings. The Labute approximate surface area is 228 Å². The number of anilines is 2. The summed E-state index contributed by atoms with van der Waals surface area (Å²) in [6, 6.07) is 10.3. The van der Waals surface area contributed by atoms with Crippen molar-refractivity contribution in [1.29, 1.82) is 0 Å². The molecule has 0 bridgehead atoms. The van der Waals surface area contributed by atoms with Crippen LogP contribution in [-0.2, 0) is 11.3 Å². The van der Waals surface area contributed by atoms with Crippen molar-refractivity contribution in [2.24, 2.45) is 5.10 Å². The van der Waals surface area contributed by atoms with Crippen LogP contribution in [0.5, 0.6) is 0 Å². The summed E-state index contributed by atoms with van der Waals surface area (Å²) in [6.07, 6.45) is 2.95. The third kappa shape index (κ3) is 4.14. The second kappa shape index (κ2) is 9.51. The molecule has 1 fully saturated rings. The normalized spacial score (nSPS) is 17.3. The van der Waals surface area contributed by atoms with Crippen LogP contribution in [0.2, 0.25) is 0 Å². The number of quaternary nitrogens is 1. The highest BCUT2D eigenvalue weighted by atomic mass is 35.5. The average molecular weight is 554 g/mol. The summed E-state index contributed by atoms with van der Waals surface area (Å²) in [5.74, 6) is -2.54. The Kier molecular flexibility index (Phi) is 6.44. The second-order valence-electron chi connectivity index (χ2n) is 9.73. The third-order valence-electron chi connectivity index (χ3n) is 7.60. The molecule has 1 saturated heterocycles. The van der Waals surface area contributed by atoms with Crippen LogP contribution in [0.1, 0.15) is 22.8 Å². The van der Waals surface area contributed by atoms with Crippen LogP contribution >= 0.6 is 0 Å². The van der Waals surface area contributed by atoms with Crippen molar-refractivity contribution in [2.45, 2.75) is 13.5 Å². The van der Waals surface area contributed by atoms with Crippen molar-refractivity contribution >= 4 is 46.1 Å². The minimum absolute atomic E-state index is 0. The molecule has 0 saturated carbocycles. The number of aromatic nitrogens is 1. The van der Waals surface area contributed by atoms with E-state index in [4.69, 9.17) is 5.10 Å². The van der Waals surface area contributed by atoms with Gasteiger partial charge in [0.15, 0.2) is 6.67 Å². The lowest BCUT2D eigenvalue weighted by molar-refractivity contribution is -0.929. The lowest BCUT2D eigenvalue weighted by Gasteiger charge is -2.39. The Hall–Kier alpha value is -4.22. The van der Waals surface area contributed by atoms with Gasteiger partial charge in [0, 0.05) is 18.1 Å². The number of halogens is 2. The quantitative estimate of drug-likeness (QED) is 0.429. The van der Waals surface area contributed by atoms with E-state index >= 15 is 4.39 Å². The van der Waals surface area contributed by atoms with Crippen molar-refractivity contribution in [3.8, 4) is 0 Å². The van der Waals surface area contributed by atoms with E-state index in [2.05, 4.69) is 0 Å². The van der Waals surface area contributed by atoms with Gasteiger partial charge in [-0.3, -0.25) is 9.69 Å². The minimum Gasteiger partial charge on any atom is -1.00 e. The number of carbonyl (C=O) groups is 2. The van der Waals surface area contributed by atoms with Crippen LogP contribution in [0, 0.1) is 5.82 Å². The van der Waals surface area contributed by atoms with Gasteiger partial charge in [-0.1, -0.05) is 23.3 Å². The lowest BCUT2D eigenvalue weighted by Crippen LogP contribution is -3.00. The molecular weight excluding hydrogens is 529 g/mol. The Morgan fingerprint density at radius 3 is 2.46 bits per heavy atom. The molecule has 3 aliphatic heterocycles. The molecule has 0 radical (unpaired) electrons. The van der Waals surface area contributed by atoms with Crippen LogP contribution in [0.4, 0.5) is 15.8 Å². The van der Waals surface area contributed by atoms with E-state index in [-0.39, 0.29) is 23.4 Å². The van der Waals surface area contributed by atoms with Crippen molar-refractivity contribution in [1.82, 2.24) is 4.57 Å². The Morgan fingerprint density at radius 2 is 1.79 bits per heavy atom. The van der Waals surface area contributed by atoms with E-state index in [1.807, 2.05) is 41.0 Å². The number of nitrogens with zero attached hydrogens (tertiary/aromatic N) is 5. The monoisotopic (exact) mass is 553 g/mol. The molecular formula is C27H25ClFN5O5. The first-order chi connectivity index (χ1) is 18.2. The van der Waals surface area contributed by atoms with Gasteiger partial charge in [0.2, 0.25) is 11.3 Å². The number of aryl methyl sites for hydroxylation is 1. The zero-order valence-electron chi connectivity index (χ0n) is 21.0. The Balaban J connectivity index is 0.00000308. The molecule has 39 heavy (non-hydrogen) atoms. The zero-order chi connectivity index (χ0) is 26.8. The summed E-state index contributed by atoms with van der Waals surface area (Å²) in [5, 5.41) is 24.1. The number of fused-ring (bicyclic) bond motifs is 4. The molecule has 0 unspecified atom stereocenters. The predicted molar refractivity (Wildman–Crippen MR) is 140 cm³/mol. The highest BCUT2D eigenvalue weighted by Crippen LogP contribution is 2.37. The van der Waals surface area contributed by atoms with Gasteiger partial charge < -0.3 is 32.1 Å². The number of benzene rings is 2. The first-order valence-corrected chi connectivity index (χ1v) is 12.3. The van der Waals surface area contributed by atoms with Crippen LogP contribution in [0.25, 0.3) is 17.0 Å². The van der Waals surface area contributed by atoms with E-state index in [9.17, 15) is 24.6 Å². The average Bonchev–Trinajstić information content (AvgIpc) is 3.27. The summed E-state index contributed by atoms with van der Waals surface area (Å²) in [7, 11) is 0. The molecule has 202 valence electrons. The molecule has 4 heterocycles. The first-order valence-electron chi connectivity index (χ1n) is 12.3. The number of hydrogen-bond donors (Lipinski definition) is 2. The van der Waals surface area contributed by atoms with Gasteiger partial charge in [-0.05, 0) is 36.8 Å². The third-order valence-corrected chi connectivity index (χ3v) is 7.60. The van der Waals surface area contributed by atoms with E-state index in [0.717, 1.165) is 17.3 Å². The number of amidine groups is 1. The highest BCUT2D eigenvalue weighted by Gasteiger charge is 2.46. The van der Waals surface area contributed by atoms with Gasteiger partial charge in [0.05, 0.1) is 30.0 Å². The van der Waals surface area contributed by atoms with Gasteiger partial charge in [-0.25, -0.2) is 14.0 Å². The number of carboxylic acid groups (broad SMARTS) is 2. The fourth-order valence-electron chi connectivity index (χ4n) is 5.61. The molecule has 2 aromatic carbocycles. The van der Waals surface area contributed by atoms with Gasteiger partial charge in [-0.15, -0.1) is 0 Å². The van der Waals surface area contributed by atoms with Crippen molar-refractivity contribution in [3.05, 3.63) is 75.3 Å². The van der Waals surface area contributed by atoms with E-state index < -0.39 is 28.7 Å². The molecule has 0 atom stereocenters. The molecule has 6 rings (SSSR count). The minimum atomic E-state index is -1.35. The van der Waals surface area contributed by atoms with Gasteiger partial charge in [-0.2, -0.15) is 4.59 Å². The number of hydrogen-bond acceptors (Lipinski definition) is 6. The van der Waals surface area contributed by atoms with Crippen molar-refractivity contribution in [2.75, 3.05) is 42.6 Å². The molecule has 12 heteroatoms. The van der Waals surface area contributed by atoms with Crippen LogP contribution in [-0.4, -0.2) is 70.0 Å². The predicted octanol–water partition coefficient (Wildman–Crippen LogP) is -0.228. The van der Waals surface area contributed by atoms with Crippen molar-refractivity contribution < 1.29 is 41.2 Å². The molecule has 10 nitrogen and oxygen atoms in total. The molecule has 2 N–H and O–H groups in total. The van der Waals surface area contributed by atoms with Crippen LogP contribution < -0.4 is 27.6 Å². The van der Waals surface area contributed by atoms with Crippen LogP contribution in [0.15, 0.2) is 58.1 Å².